The molecule has 1 saturated heterocycles. The number of carbonyl (C=O) groups excluding carboxylic acids is 2. The van der Waals surface area contributed by atoms with Crippen LogP contribution in [0.2, 0.25) is 5.02 Å². The molecule has 39 heavy (non-hydrogen) atoms. The van der Waals surface area contributed by atoms with Crippen molar-refractivity contribution < 1.29 is 18.0 Å². The topological polar surface area (TPSA) is 133 Å². The fourth-order valence-corrected chi connectivity index (χ4v) is 6.49. The predicted molar refractivity (Wildman–Crippen MR) is 152 cm³/mol. The summed E-state index contributed by atoms with van der Waals surface area (Å²) in [5.74, 6) is -0.103. The molecule has 1 fully saturated rings. The maximum Gasteiger partial charge on any atom is 0.281 e. The van der Waals surface area contributed by atoms with Crippen molar-refractivity contribution in [1.29, 1.82) is 0 Å². The highest BCUT2D eigenvalue weighted by Gasteiger charge is 2.30. The average molecular weight is 591 g/mol. The van der Waals surface area contributed by atoms with Crippen LogP contribution >= 0.6 is 22.9 Å². The lowest BCUT2D eigenvalue weighted by Gasteiger charge is -2.35. The minimum Gasteiger partial charge on any atom is -0.343 e. The second-order valence-corrected chi connectivity index (χ2v) is 12.8. The summed E-state index contributed by atoms with van der Waals surface area (Å²) < 4.78 is 29.8. The summed E-state index contributed by atoms with van der Waals surface area (Å²) in [5, 5.41) is 7.21. The quantitative estimate of drug-likeness (QED) is 0.337. The van der Waals surface area contributed by atoms with Crippen LogP contribution < -0.4 is 10.6 Å². The molecule has 1 aliphatic heterocycles. The van der Waals surface area contributed by atoms with E-state index >= 15 is 0 Å². The Morgan fingerprint density at radius 3 is 2.51 bits per heavy atom. The van der Waals surface area contributed by atoms with Gasteiger partial charge in [-0.05, 0) is 36.4 Å². The number of hydrogen-bond acceptors (Lipinski definition) is 8. The Morgan fingerprint density at radius 1 is 1.05 bits per heavy atom. The third-order valence-corrected chi connectivity index (χ3v) is 9.60. The van der Waals surface area contributed by atoms with E-state index in [9.17, 15) is 18.0 Å². The molecule has 4 aromatic rings. The Kier molecular flexibility index (Phi) is 7.48. The Bertz CT molecular complexity index is 1680. The summed E-state index contributed by atoms with van der Waals surface area (Å²) >= 11 is 7.54. The van der Waals surface area contributed by atoms with Crippen LogP contribution in [-0.2, 0) is 22.1 Å². The van der Waals surface area contributed by atoms with E-state index in [1.807, 2.05) is 23.7 Å². The minimum absolute atomic E-state index is 0.187. The molecule has 12 nitrogen and oxygen atoms in total. The number of rotatable bonds is 7. The predicted octanol–water partition coefficient (Wildman–Crippen LogP) is 2.26. The lowest BCUT2D eigenvalue weighted by atomic mass is 10.2. The molecule has 0 atom stereocenters. The highest BCUT2D eigenvalue weighted by molar-refractivity contribution is 7.86. The first kappa shape index (κ1) is 27.3. The van der Waals surface area contributed by atoms with Crippen molar-refractivity contribution in [2.75, 3.05) is 52.1 Å². The number of amides is 2. The van der Waals surface area contributed by atoms with Gasteiger partial charge in [-0.3, -0.25) is 9.59 Å². The zero-order valence-electron chi connectivity index (χ0n) is 21.5. The molecule has 0 radical (unpaired) electrons. The normalized spacial score (nSPS) is 14.8. The summed E-state index contributed by atoms with van der Waals surface area (Å²) in [6.45, 7) is 0.752. The van der Waals surface area contributed by atoms with Gasteiger partial charge in [-0.15, -0.1) is 0 Å². The number of benzene rings is 2. The van der Waals surface area contributed by atoms with Crippen molar-refractivity contribution in [3.8, 4) is 0 Å². The van der Waals surface area contributed by atoms with E-state index in [0.717, 1.165) is 20.0 Å². The number of piperazine rings is 1. The minimum atomic E-state index is -3.52. The van der Waals surface area contributed by atoms with Gasteiger partial charge in [-0.2, -0.15) is 17.0 Å². The SMILES string of the molecule is CN(C)S(=O)(=O)N1CCN(C(=O)CNC(=O)c2ccc3c(c2)nc(Nc2nc4ccc(Cl)cc4s2)n3C)CC1. The molecule has 0 saturated carbocycles. The number of nitrogens with one attached hydrogen (secondary N) is 2. The molecule has 2 N–H and O–H groups in total. The summed E-state index contributed by atoms with van der Waals surface area (Å²) in [4.78, 5) is 36.2. The summed E-state index contributed by atoms with van der Waals surface area (Å²) in [5.41, 5.74) is 2.64. The molecule has 5 rings (SSSR count). The highest BCUT2D eigenvalue weighted by atomic mass is 35.5. The van der Waals surface area contributed by atoms with Gasteiger partial charge in [0.15, 0.2) is 5.13 Å². The first-order valence-corrected chi connectivity index (χ1v) is 14.7. The van der Waals surface area contributed by atoms with Crippen molar-refractivity contribution in [2.45, 2.75) is 0 Å². The molecule has 2 amide bonds. The van der Waals surface area contributed by atoms with Crippen molar-refractivity contribution in [3.63, 3.8) is 0 Å². The third kappa shape index (κ3) is 5.56. The number of hydrogen-bond donors (Lipinski definition) is 2. The first-order valence-electron chi connectivity index (χ1n) is 12.1. The largest absolute Gasteiger partial charge is 0.343 e. The second-order valence-electron chi connectivity index (χ2n) is 9.21. The van der Waals surface area contributed by atoms with Crippen molar-refractivity contribution >= 4 is 77.3 Å². The molecule has 0 spiro atoms. The van der Waals surface area contributed by atoms with Crippen molar-refractivity contribution in [1.82, 2.24) is 33.4 Å². The Labute approximate surface area is 234 Å². The van der Waals surface area contributed by atoms with Gasteiger partial charge in [-0.25, -0.2) is 9.97 Å². The van der Waals surface area contributed by atoms with Crippen LogP contribution in [0.5, 0.6) is 0 Å². The number of halogens is 1. The number of carbonyl (C=O) groups is 2. The van der Waals surface area contributed by atoms with Crippen LogP contribution in [-0.4, -0.2) is 95.1 Å². The third-order valence-electron chi connectivity index (χ3n) is 6.49. The fourth-order valence-electron chi connectivity index (χ4n) is 4.27. The van der Waals surface area contributed by atoms with Gasteiger partial charge < -0.3 is 20.1 Å². The van der Waals surface area contributed by atoms with Crippen molar-refractivity contribution in [2.24, 2.45) is 7.05 Å². The molecule has 0 bridgehead atoms. The molecule has 0 unspecified atom stereocenters. The van der Waals surface area contributed by atoms with E-state index in [1.54, 1.807) is 29.2 Å². The Balaban J connectivity index is 1.21. The van der Waals surface area contributed by atoms with Crippen LogP contribution in [0.3, 0.4) is 0 Å². The van der Waals surface area contributed by atoms with Crippen LogP contribution in [0, 0.1) is 0 Å². The van der Waals surface area contributed by atoms with Gasteiger partial charge in [-0.1, -0.05) is 22.9 Å². The maximum atomic E-state index is 12.8. The van der Waals surface area contributed by atoms with Gasteiger partial charge in [0, 0.05) is 57.9 Å². The van der Waals surface area contributed by atoms with Crippen LogP contribution in [0.1, 0.15) is 10.4 Å². The number of imidazole rings is 1. The highest BCUT2D eigenvalue weighted by Crippen LogP contribution is 2.31. The number of fused-ring (bicyclic) bond motifs is 2. The fraction of sp³-hybridized carbons (Fsp3) is 0.333. The second kappa shape index (κ2) is 10.7. The number of aromatic nitrogens is 3. The van der Waals surface area contributed by atoms with Gasteiger partial charge in [0.1, 0.15) is 0 Å². The van der Waals surface area contributed by atoms with Gasteiger partial charge in [0.25, 0.3) is 16.1 Å². The number of aryl methyl sites for hydroxylation is 1. The Hall–Kier alpha value is -3.30. The van der Waals surface area contributed by atoms with E-state index < -0.39 is 16.1 Å². The zero-order chi connectivity index (χ0) is 27.9. The van der Waals surface area contributed by atoms with Gasteiger partial charge in [0.05, 0.1) is 27.8 Å². The molecular weight excluding hydrogens is 564 g/mol. The number of nitrogens with zero attached hydrogens (tertiary/aromatic N) is 6. The lowest BCUT2D eigenvalue weighted by molar-refractivity contribution is -0.131. The summed E-state index contributed by atoms with van der Waals surface area (Å²) in [7, 11) is 1.30. The average Bonchev–Trinajstić information content (AvgIpc) is 3.45. The van der Waals surface area contributed by atoms with E-state index in [2.05, 4.69) is 20.6 Å². The van der Waals surface area contributed by atoms with E-state index in [0.29, 0.717) is 27.2 Å². The molecule has 206 valence electrons. The Morgan fingerprint density at radius 2 is 1.79 bits per heavy atom. The van der Waals surface area contributed by atoms with E-state index in [4.69, 9.17) is 11.6 Å². The monoisotopic (exact) mass is 590 g/mol. The number of thiazole rings is 1. The van der Waals surface area contributed by atoms with Crippen molar-refractivity contribution in [3.05, 3.63) is 47.0 Å². The van der Waals surface area contributed by atoms with Crippen LogP contribution in [0.4, 0.5) is 11.1 Å². The van der Waals surface area contributed by atoms with E-state index in [1.165, 1.54) is 29.7 Å². The molecule has 3 heterocycles. The number of anilines is 2. The van der Waals surface area contributed by atoms with Gasteiger partial charge >= 0.3 is 0 Å². The van der Waals surface area contributed by atoms with Gasteiger partial charge in [0.2, 0.25) is 11.9 Å². The summed E-state index contributed by atoms with van der Waals surface area (Å²) in [6, 6.07) is 10.7. The van der Waals surface area contributed by atoms with Crippen LogP contribution in [0.25, 0.3) is 21.3 Å². The molecular formula is C24H27ClN8O4S2. The lowest BCUT2D eigenvalue weighted by Crippen LogP contribution is -2.54. The zero-order valence-corrected chi connectivity index (χ0v) is 23.9. The molecule has 0 aliphatic carbocycles. The molecule has 1 aliphatic rings. The van der Waals surface area contributed by atoms with E-state index in [-0.39, 0.29) is 38.6 Å². The smallest absolute Gasteiger partial charge is 0.281 e. The molecule has 2 aromatic carbocycles. The molecule has 2 aromatic heterocycles. The van der Waals surface area contributed by atoms with Crippen LogP contribution in [0.15, 0.2) is 36.4 Å². The summed E-state index contributed by atoms with van der Waals surface area (Å²) in [6.07, 6.45) is 0. The molecule has 15 heteroatoms. The standard InChI is InChI=1S/C24H27ClN8O4S2/c1-30(2)39(36,37)33-10-8-32(9-11-33)21(34)14-26-22(35)15-4-7-19-18(12-15)27-23(31(19)3)29-24-28-17-6-5-16(25)13-20(17)38-24/h4-7,12-13H,8-11,14H2,1-3H3,(H,26,35)(H,27,28,29). The maximum absolute atomic E-state index is 12.8. The first-order chi connectivity index (χ1) is 18.5.